The first kappa shape index (κ1) is 14.5. The minimum absolute atomic E-state index is 0.114. The summed E-state index contributed by atoms with van der Waals surface area (Å²) in [4.78, 5) is 0. The molecule has 0 spiro atoms. The van der Waals surface area contributed by atoms with E-state index in [0.29, 0.717) is 6.07 Å². The number of hydrogen-bond donors (Lipinski definition) is 1. The normalized spacial score (nSPS) is 12.5. The van der Waals surface area contributed by atoms with Crippen LogP contribution in [0.5, 0.6) is 0 Å². The minimum atomic E-state index is -1.62. The number of halogens is 5. The number of benzene rings is 2. The summed E-state index contributed by atoms with van der Waals surface area (Å²) in [6, 6.07) is 3.48. The van der Waals surface area contributed by atoms with E-state index in [0.717, 1.165) is 24.3 Å². The van der Waals surface area contributed by atoms with Gasteiger partial charge in [-0.05, 0) is 30.2 Å². The zero-order valence-corrected chi connectivity index (χ0v) is 10.1. The van der Waals surface area contributed by atoms with Crippen LogP contribution in [-0.4, -0.2) is 0 Å². The first-order chi connectivity index (χ1) is 9.38. The second-order valence-corrected chi connectivity index (χ2v) is 4.35. The molecule has 0 aliphatic heterocycles. The molecule has 2 rings (SSSR count). The Morgan fingerprint density at radius 2 is 1.45 bits per heavy atom. The molecule has 2 N–H and O–H groups in total. The molecule has 0 fully saturated rings. The van der Waals surface area contributed by atoms with Gasteiger partial charge in [-0.1, -0.05) is 6.07 Å². The average molecular weight is 287 g/mol. The van der Waals surface area contributed by atoms with Crippen molar-refractivity contribution in [2.75, 3.05) is 0 Å². The van der Waals surface area contributed by atoms with Gasteiger partial charge in [-0.15, -0.1) is 0 Å². The van der Waals surface area contributed by atoms with Gasteiger partial charge in [-0.3, -0.25) is 0 Å². The molecule has 0 heterocycles. The number of rotatable bonds is 3. The van der Waals surface area contributed by atoms with Crippen molar-refractivity contribution >= 4 is 0 Å². The maximum atomic E-state index is 13.5. The Balaban J connectivity index is 2.28. The highest BCUT2D eigenvalue weighted by molar-refractivity contribution is 5.27. The topological polar surface area (TPSA) is 26.0 Å². The van der Waals surface area contributed by atoms with Crippen molar-refractivity contribution in [1.82, 2.24) is 0 Å². The Morgan fingerprint density at radius 1 is 0.850 bits per heavy atom. The third-order valence-electron chi connectivity index (χ3n) is 2.84. The third kappa shape index (κ3) is 2.96. The van der Waals surface area contributed by atoms with E-state index < -0.39 is 35.1 Å². The summed E-state index contributed by atoms with van der Waals surface area (Å²) >= 11 is 0. The van der Waals surface area contributed by atoms with Gasteiger partial charge in [0.2, 0.25) is 0 Å². The van der Waals surface area contributed by atoms with Crippen LogP contribution in [0.25, 0.3) is 0 Å². The fourth-order valence-corrected chi connectivity index (χ4v) is 1.92. The molecule has 0 bridgehead atoms. The van der Waals surface area contributed by atoms with Crippen LogP contribution in [0.4, 0.5) is 22.0 Å². The first-order valence-corrected chi connectivity index (χ1v) is 5.72. The standard InChI is InChI=1S/C14H10F5N/c15-8-3-7(4-9(16)6-8)5-12(20)10-1-2-11(17)14(19)13(10)18/h1-4,6,12H,5,20H2. The molecule has 0 aliphatic carbocycles. The zero-order valence-electron chi connectivity index (χ0n) is 10.1. The van der Waals surface area contributed by atoms with Crippen molar-refractivity contribution in [3.05, 3.63) is 70.5 Å². The van der Waals surface area contributed by atoms with Crippen molar-refractivity contribution in [1.29, 1.82) is 0 Å². The van der Waals surface area contributed by atoms with Crippen molar-refractivity contribution in [3.63, 3.8) is 0 Å². The van der Waals surface area contributed by atoms with Crippen LogP contribution in [0.15, 0.2) is 30.3 Å². The second kappa shape index (κ2) is 5.58. The van der Waals surface area contributed by atoms with Crippen LogP contribution in [0, 0.1) is 29.1 Å². The summed E-state index contributed by atoms with van der Waals surface area (Å²) in [5, 5.41) is 0. The molecule has 1 nitrogen and oxygen atoms in total. The van der Waals surface area contributed by atoms with E-state index in [2.05, 4.69) is 0 Å². The average Bonchev–Trinajstić information content (AvgIpc) is 2.34. The molecule has 0 saturated carbocycles. The SMILES string of the molecule is NC(Cc1cc(F)cc(F)c1)c1ccc(F)c(F)c1F. The molecule has 106 valence electrons. The van der Waals surface area contributed by atoms with Crippen LogP contribution in [0.2, 0.25) is 0 Å². The Morgan fingerprint density at radius 3 is 2.05 bits per heavy atom. The fourth-order valence-electron chi connectivity index (χ4n) is 1.92. The van der Waals surface area contributed by atoms with Crippen LogP contribution in [0.1, 0.15) is 17.2 Å². The molecular weight excluding hydrogens is 277 g/mol. The first-order valence-electron chi connectivity index (χ1n) is 5.72. The molecule has 1 unspecified atom stereocenters. The van der Waals surface area contributed by atoms with E-state index in [1.54, 1.807) is 0 Å². The highest BCUT2D eigenvalue weighted by atomic mass is 19.2. The van der Waals surface area contributed by atoms with Crippen molar-refractivity contribution in [2.45, 2.75) is 12.5 Å². The zero-order chi connectivity index (χ0) is 14.9. The Hall–Kier alpha value is -1.95. The molecule has 0 saturated heterocycles. The predicted octanol–water partition coefficient (Wildman–Crippen LogP) is 3.62. The maximum absolute atomic E-state index is 13.5. The summed E-state index contributed by atoms with van der Waals surface area (Å²) in [6.45, 7) is 0. The van der Waals surface area contributed by atoms with Gasteiger partial charge in [0.15, 0.2) is 17.5 Å². The lowest BCUT2D eigenvalue weighted by atomic mass is 9.99. The lowest BCUT2D eigenvalue weighted by Gasteiger charge is -2.14. The highest BCUT2D eigenvalue weighted by Crippen LogP contribution is 2.23. The largest absolute Gasteiger partial charge is 0.324 e. The van der Waals surface area contributed by atoms with Crippen molar-refractivity contribution in [2.24, 2.45) is 5.73 Å². The summed E-state index contributed by atoms with van der Waals surface area (Å²) in [5.74, 6) is -5.93. The maximum Gasteiger partial charge on any atom is 0.194 e. The molecule has 2 aromatic rings. The van der Waals surface area contributed by atoms with Gasteiger partial charge < -0.3 is 5.73 Å². The second-order valence-electron chi connectivity index (χ2n) is 4.35. The predicted molar refractivity (Wildman–Crippen MR) is 63.3 cm³/mol. The van der Waals surface area contributed by atoms with Crippen LogP contribution < -0.4 is 5.73 Å². The molecule has 0 aliphatic rings. The van der Waals surface area contributed by atoms with Gasteiger partial charge in [0.1, 0.15) is 11.6 Å². The van der Waals surface area contributed by atoms with Crippen molar-refractivity contribution in [3.8, 4) is 0 Å². The van der Waals surface area contributed by atoms with E-state index >= 15 is 0 Å². The summed E-state index contributed by atoms with van der Waals surface area (Å²) in [7, 11) is 0. The van der Waals surface area contributed by atoms with E-state index in [1.807, 2.05) is 0 Å². The van der Waals surface area contributed by atoms with Gasteiger partial charge in [0.05, 0.1) is 0 Å². The van der Waals surface area contributed by atoms with E-state index in [9.17, 15) is 22.0 Å². The molecule has 0 radical (unpaired) electrons. The minimum Gasteiger partial charge on any atom is -0.324 e. The Kier molecular flexibility index (Phi) is 4.04. The molecule has 0 amide bonds. The van der Waals surface area contributed by atoms with E-state index in [-0.39, 0.29) is 17.5 Å². The Labute approximate surface area is 111 Å². The van der Waals surface area contributed by atoms with Crippen LogP contribution in [-0.2, 0) is 6.42 Å². The monoisotopic (exact) mass is 287 g/mol. The third-order valence-corrected chi connectivity index (χ3v) is 2.84. The molecule has 0 aromatic heterocycles. The van der Waals surface area contributed by atoms with Gasteiger partial charge in [-0.25, -0.2) is 22.0 Å². The van der Waals surface area contributed by atoms with Crippen molar-refractivity contribution < 1.29 is 22.0 Å². The van der Waals surface area contributed by atoms with Gasteiger partial charge in [-0.2, -0.15) is 0 Å². The smallest absolute Gasteiger partial charge is 0.194 e. The fraction of sp³-hybridized carbons (Fsp3) is 0.143. The number of hydrogen-bond acceptors (Lipinski definition) is 1. The lowest BCUT2D eigenvalue weighted by Crippen LogP contribution is -2.16. The van der Waals surface area contributed by atoms with Gasteiger partial charge in [0, 0.05) is 17.7 Å². The highest BCUT2D eigenvalue weighted by Gasteiger charge is 2.18. The summed E-state index contributed by atoms with van der Waals surface area (Å²) in [5.41, 5.74) is 5.61. The van der Waals surface area contributed by atoms with Gasteiger partial charge in [0.25, 0.3) is 0 Å². The van der Waals surface area contributed by atoms with Crippen LogP contribution >= 0.6 is 0 Å². The Bertz CT molecular complexity index is 621. The molecule has 6 heteroatoms. The quantitative estimate of drug-likeness (QED) is 0.677. The van der Waals surface area contributed by atoms with Gasteiger partial charge >= 0.3 is 0 Å². The summed E-state index contributed by atoms with van der Waals surface area (Å²) < 4.78 is 65.5. The summed E-state index contributed by atoms with van der Waals surface area (Å²) in [6.07, 6.45) is -0.114. The lowest BCUT2D eigenvalue weighted by molar-refractivity contribution is 0.435. The molecule has 2 aromatic carbocycles. The van der Waals surface area contributed by atoms with E-state index in [4.69, 9.17) is 5.73 Å². The number of nitrogens with two attached hydrogens (primary N) is 1. The van der Waals surface area contributed by atoms with Crippen LogP contribution in [0.3, 0.4) is 0 Å². The molecular formula is C14H10F5N. The molecule has 1 atom stereocenters. The van der Waals surface area contributed by atoms with E-state index in [1.165, 1.54) is 0 Å². The molecule has 20 heavy (non-hydrogen) atoms.